The average Bonchev–Trinajstić information content (AvgIpc) is 2.78. The zero-order chi connectivity index (χ0) is 17.9. The van der Waals surface area contributed by atoms with Crippen LogP contribution in [0, 0.1) is 0 Å². The zero-order valence-electron chi connectivity index (χ0n) is 14.2. The molecule has 0 saturated carbocycles. The Bertz CT molecular complexity index is 956. The Morgan fingerprint density at radius 2 is 1.92 bits per heavy atom. The minimum Gasteiger partial charge on any atom is -0.354 e. The van der Waals surface area contributed by atoms with Gasteiger partial charge in [0.2, 0.25) is 11.9 Å². The molecule has 6 heteroatoms. The van der Waals surface area contributed by atoms with E-state index in [1.807, 2.05) is 48.5 Å². The van der Waals surface area contributed by atoms with Gasteiger partial charge in [-0.3, -0.25) is 4.79 Å². The van der Waals surface area contributed by atoms with Gasteiger partial charge < -0.3 is 10.6 Å². The summed E-state index contributed by atoms with van der Waals surface area (Å²) in [5, 5.41) is 6.18. The number of anilines is 2. The smallest absolute Gasteiger partial charge is 0.228 e. The van der Waals surface area contributed by atoms with Crippen molar-refractivity contribution in [2.45, 2.75) is 12.8 Å². The van der Waals surface area contributed by atoms with Crippen molar-refractivity contribution in [3.63, 3.8) is 0 Å². The van der Waals surface area contributed by atoms with E-state index >= 15 is 0 Å². The number of fused-ring (bicyclic) bond motifs is 3. The van der Waals surface area contributed by atoms with Crippen LogP contribution in [0.5, 0.6) is 0 Å². The number of nitrogens with zero attached hydrogens (tertiary/aromatic N) is 2. The number of nitrogens with one attached hydrogen (secondary N) is 2. The first-order chi connectivity index (χ1) is 12.7. The van der Waals surface area contributed by atoms with Crippen LogP contribution in [0.1, 0.15) is 11.1 Å². The van der Waals surface area contributed by atoms with Gasteiger partial charge in [0.15, 0.2) is 0 Å². The second-order valence-electron chi connectivity index (χ2n) is 6.26. The van der Waals surface area contributed by atoms with Gasteiger partial charge in [0.1, 0.15) is 7.85 Å². The normalized spacial score (nSPS) is 12.5. The van der Waals surface area contributed by atoms with E-state index in [1.54, 1.807) is 6.20 Å². The Morgan fingerprint density at radius 3 is 2.77 bits per heavy atom. The largest absolute Gasteiger partial charge is 0.354 e. The summed E-state index contributed by atoms with van der Waals surface area (Å²) in [6, 6.07) is 15.5. The van der Waals surface area contributed by atoms with Crippen molar-refractivity contribution in [2.75, 3.05) is 17.2 Å². The lowest BCUT2D eigenvalue weighted by atomic mass is 9.95. The molecule has 1 aromatic heterocycles. The first-order valence-corrected chi connectivity index (χ1v) is 8.52. The van der Waals surface area contributed by atoms with E-state index in [-0.39, 0.29) is 12.3 Å². The van der Waals surface area contributed by atoms with Gasteiger partial charge in [-0.05, 0) is 18.1 Å². The molecule has 2 radical (unpaired) electrons. The monoisotopic (exact) mass is 340 g/mol. The van der Waals surface area contributed by atoms with Gasteiger partial charge in [0, 0.05) is 23.9 Å². The summed E-state index contributed by atoms with van der Waals surface area (Å²) in [5.41, 5.74) is 5.28. The highest BCUT2D eigenvalue weighted by molar-refractivity contribution is 6.32. The lowest BCUT2D eigenvalue weighted by Crippen LogP contribution is -2.13. The number of hydrogen-bond acceptors (Lipinski definition) is 4. The second-order valence-corrected chi connectivity index (χ2v) is 6.26. The van der Waals surface area contributed by atoms with Crippen molar-refractivity contribution in [3.05, 3.63) is 65.9 Å². The minimum atomic E-state index is -0.0520. The Labute approximate surface area is 153 Å². The number of carbonyl (C=O) groups is 1. The predicted molar refractivity (Wildman–Crippen MR) is 104 cm³/mol. The molecule has 0 unspecified atom stereocenters. The van der Waals surface area contributed by atoms with Crippen LogP contribution in [0.3, 0.4) is 0 Å². The van der Waals surface area contributed by atoms with E-state index in [4.69, 9.17) is 7.85 Å². The van der Waals surface area contributed by atoms with Gasteiger partial charge in [-0.25, -0.2) is 9.97 Å². The van der Waals surface area contributed by atoms with Crippen molar-refractivity contribution in [1.82, 2.24) is 9.97 Å². The molecule has 4 rings (SSSR count). The van der Waals surface area contributed by atoms with Gasteiger partial charge in [-0.1, -0.05) is 47.9 Å². The fourth-order valence-corrected chi connectivity index (χ4v) is 3.02. The molecule has 0 aliphatic carbocycles. The lowest BCUT2D eigenvalue weighted by molar-refractivity contribution is -0.115. The topological polar surface area (TPSA) is 66.9 Å². The maximum atomic E-state index is 12.1. The molecule has 0 saturated heterocycles. The summed E-state index contributed by atoms with van der Waals surface area (Å²) >= 11 is 0. The van der Waals surface area contributed by atoms with Gasteiger partial charge >= 0.3 is 0 Å². The molecule has 0 atom stereocenters. The van der Waals surface area contributed by atoms with Crippen LogP contribution in [0.25, 0.3) is 11.3 Å². The fourth-order valence-electron chi connectivity index (χ4n) is 3.02. The number of para-hydroxylation sites is 1. The van der Waals surface area contributed by atoms with E-state index in [9.17, 15) is 4.79 Å². The highest BCUT2D eigenvalue weighted by Crippen LogP contribution is 2.32. The van der Waals surface area contributed by atoms with E-state index in [0.717, 1.165) is 34.4 Å². The van der Waals surface area contributed by atoms with Crippen LogP contribution in [0.15, 0.2) is 54.7 Å². The number of rotatable bonds is 4. The van der Waals surface area contributed by atoms with E-state index < -0.39 is 0 Å². The van der Waals surface area contributed by atoms with Crippen molar-refractivity contribution in [3.8, 4) is 11.3 Å². The zero-order valence-corrected chi connectivity index (χ0v) is 14.2. The van der Waals surface area contributed by atoms with Gasteiger partial charge in [-0.2, -0.15) is 0 Å². The third-order valence-corrected chi connectivity index (χ3v) is 4.35. The SMILES string of the molecule is [B]c1ccc(CCNc2ncc3c(n2)-c2ccccc2NC(=O)C3)cc1. The molecule has 0 bridgehead atoms. The number of benzene rings is 2. The molecular weight excluding hydrogens is 323 g/mol. The first-order valence-electron chi connectivity index (χ1n) is 8.52. The molecule has 2 N–H and O–H groups in total. The first kappa shape index (κ1) is 16.3. The highest BCUT2D eigenvalue weighted by Gasteiger charge is 2.20. The molecule has 26 heavy (non-hydrogen) atoms. The van der Waals surface area contributed by atoms with Crippen LogP contribution < -0.4 is 16.1 Å². The lowest BCUT2D eigenvalue weighted by Gasteiger charge is -2.10. The Hall–Kier alpha value is -3.15. The average molecular weight is 340 g/mol. The molecular formula is C20H17BN4O. The number of aromatic nitrogens is 2. The molecule has 3 aromatic rings. The molecule has 2 aromatic carbocycles. The van der Waals surface area contributed by atoms with Crippen LogP contribution in [0.2, 0.25) is 0 Å². The van der Waals surface area contributed by atoms with E-state index in [1.165, 1.54) is 5.56 Å². The summed E-state index contributed by atoms with van der Waals surface area (Å²) in [6.07, 6.45) is 2.85. The maximum absolute atomic E-state index is 12.1. The molecule has 5 nitrogen and oxygen atoms in total. The molecule has 1 aliphatic heterocycles. The number of carbonyl (C=O) groups excluding carboxylic acids is 1. The highest BCUT2D eigenvalue weighted by atomic mass is 16.1. The predicted octanol–water partition coefficient (Wildman–Crippen LogP) is 2.09. The fraction of sp³-hybridized carbons (Fsp3) is 0.150. The van der Waals surface area contributed by atoms with Crippen molar-refractivity contribution in [1.29, 1.82) is 0 Å². The Balaban J connectivity index is 1.54. The van der Waals surface area contributed by atoms with Gasteiger partial charge in [0.25, 0.3) is 0 Å². The summed E-state index contributed by atoms with van der Waals surface area (Å²) in [5.74, 6) is 0.507. The molecule has 0 fully saturated rings. The maximum Gasteiger partial charge on any atom is 0.228 e. The van der Waals surface area contributed by atoms with E-state index in [2.05, 4.69) is 20.6 Å². The summed E-state index contributed by atoms with van der Waals surface area (Å²) in [6.45, 7) is 0.710. The third kappa shape index (κ3) is 3.44. The number of hydrogen-bond donors (Lipinski definition) is 2. The molecule has 2 heterocycles. The van der Waals surface area contributed by atoms with Crippen LogP contribution >= 0.6 is 0 Å². The molecule has 1 amide bonds. The van der Waals surface area contributed by atoms with Gasteiger partial charge in [-0.15, -0.1) is 0 Å². The Morgan fingerprint density at radius 1 is 1.12 bits per heavy atom. The second kappa shape index (κ2) is 7.00. The van der Waals surface area contributed by atoms with E-state index in [0.29, 0.717) is 12.5 Å². The van der Waals surface area contributed by atoms with Crippen molar-refractivity contribution in [2.24, 2.45) is 0 Å². The Kier molecular flexibility index (Phi) is 4.40. The quantitative estimate of drug-likeness (QED) is 0.714. The van der Waals surface area contributed by atoms with Crippen LogP contribution in [-0.4, -0.2) is 30.3 Å². The van der Waals surface area contributed by atoms with Crippen LogP contribution in [-0.2, 0) is 17.6 Å². The molecule has 126 valence electrons. The van der Waals surface area contributed by atoms with Crippen molar-refractivity contribution >= 4 is 30.9 Å². The molecule has 0 spiro atoms. The standard InChI is InChI=1S/C20H17BN4O/c21-15-7-5-13(6-8-15)9-10-22-20-23-12-14-11-18(26)24-17-4-2-1-3-16(17)19(14)25-20/h1-8,12H,9-11H2,(H,24,26)(H,22,23,25). The summed E-state index contributed by atoms with van der Waals surface area (Å²) in [7, 11) is 5.71. The third-order valence-electron chi connectivity index (χ3n) is 4.35. The summed E-state index contributed by atoms with van der Waals surface area (Å²) in [4.78, 5) is 21.1. The van der Waals surface area contributed by atoms with Crippen molar-refractivity contribution < 1.29 is 4.79 Å². The minimum absolute atomic E-state index is 0.0520. The number of amides is 1. The van der Waals surface area contributed by atoms with Gasteiger partial charge in [0.05, 0.1) is 17.8 Å². The van der Waals surface area contributed by atoms with Crippen LogP contribution in [0.4, 0.5) is 11.6 Å². The molecule has 1 aliphatic rings. The summed E-state index contributed by atoms with van der Waals surface area (Å²) < 4.78 is 0.